The molecule has 0 aromatic carbocycles. The molecule has 1 aromatic rings. The molecule has 16 heavy (non-hydrogen) atoms. The lowest BCUT2D eigenvalue weighted by Gasteiger charge is -2.26. The van der Waals surface area contributed by atoms with E-state index in [1.54, 1.807) is 6.07 Å². The van der Waals surface area contributed by atoms with Gasteiger partial charge in [-0.25, -0.2) is 0 Å². The van der Waals surface area contributed by atoms with Gasteiger partial charge in [-0.05, 0) is 22.4 Å². The van der Waals surface area contributed by atoms with Crippen molar-refractivity contribution in [2.75, 3.05) is 18.1 Å². The lowest BCUT2D eigenvalue weighted by Crippen LogP contribution is -2.45. The fourth-order valence-electron chi connectivity index (χ4n) is 1.47. The fraction of sp³-hybridized carbons (Fsp3) is 0.400. The molecule has 1 aliphatic rings. The first-order chi connectivity index (χ1) is 7.68. The van der Waals surface area contributed by atoms with Crippen molar-refractivity contribution in [3.63, 3.8) is 0 Å². The van der Waals surface area contributed by atoms with Crippen LogP contribution in [0.5, 0.6) is 0 Å². The molecule has 2 heterocycles. The van der Waals surface area contributed by atoms with Crippen molar-refractivity contribution in [1.29, 1.82) is 0 Å². The number of hydrogen-bond donors (Lipinski definition) is 1. The molecule has 6 heteroatoms. The van der Waals surface area contributed by atoms with Gasteiger partial charge in [-0.3, -0.25) is 14.5 Å². The molecule has 0 spiro atoms. The summed E-state index contributed by atoms with van der Waals surface area (Å²) in [6, 6.07) is 1.79. The predicted octanol–water partition coefficient (Wildman–Crippen LogP) is 0.883. The Labute approximate surface area is 101 Å². The largest absolute Gasteiger partial charge is 0.387 e. The van der Waals surface area contributed by atoms with Crippen LogP contribution in [-0.4, -0.2) is 39.9 Å². The van der Waals surface area contributed by atoms with Gasteiger partial charge in [0.1, 0.15) is 0 Å². The lowest BCUT2D eigenvalue weighted by atomic mass is 10.2. The highest BCUT2D eigenvalue weighted by Crippen LogP contribution is 2.20. The third-order valence-electron chi connectivity index (χ3n) is 2.34. The summed E-state index contributed by atoms with van der Waals surface area (Å²) in [5.41, 5.74) is 0.754. The maximum Gasteiger partial charge on any atom is 0.239 e. The molecule has 86 valence electrons. The summed E-state index contributed by atoms with van der Waals surface area (Å²) in [6.07, 6.45) is -0.776. The van der Waals surface area contributed by atoms with Crippen LogP contribution in [0.2, 0.25) is 0 Å². The molecule has 2 amide bonds. The quantitative estimate of drug-likeness (QED) is 0.817. The van der Waals surface area contributed by atoms with Crippen LogP contribution in [-0.2, 0) is 9.59 Å². The van der Waals surface area contributed by atoms with Gasteiger partial charge in [0.25, 0.3) is 0 Å². The van der Waals surface area contributed by atoms with E-state index in [0.29, 0.717) is 11.5 Å². The maximum atomic E-state index is 11.5. The lowest BCUT2D eigenvalue weighted by molar-refractivity contribution is -0.143. The number of aliphatic hydroxyl groups is 1. The topological polar surface area (TPSA) is 57.6 Å². The van der Waals surface area contributed by atoms with Crippen molar-refractivity contribution in [2.24, 2.45) is 0 Å². The van der Waals surface area contributed by atoms with Gasteiger partial charge in [0.05, 0.1) is 24.2 Å². The second-order valence-corrected chi connectivity index (χ2v) is 5.23. The highest BCUT2D eigenvalue weighted by molar-refractivity contribution is 8.00. The van der Waals surface area contributed by atoms with E-state index in [1.807, 2.05) is 10.8 Å². The van der Waals surface area contributed by atoms with Crippen LogP contribution >= 0.6 is 23.1 Å². The second-order valence-electron chi connectivity index (χ2n) is 3.46. The van der Waals surface area contributed by atoms with Gasteiger partial charge in [0.15, 0.2) is 0 Å². The standard InChI is InChI=1S/C10H11NO3S2/c12-8(7-1-2-15-4-7)3-11-9(13)5-16-6-10(11)14/h1-2,4,8,12H,3,5-6H2. The van der Waals surface area contributed by atoms with Crippen LogP contribution in [0.25, 0.3) is 0 Å². The van der Waals surface area contributed by atoms with Crippen molar-refractivity contribution in [2.45, 2.75) is 6.10 Å². The summed E-state index contributed by atoms with van der Waals surface area (Å²) >= 11 is 2.80. The molecule has 0 saturated carbocycles. The molecule has 1 aromatic heterocycles. The summed E-state index contributed by atoms with van der Waals surface area (Å²) in [7, 11) is 0. The number of hydrogen-bond acceptors (Lipinski definition) is 5. The number of imide groups is 1. The number of thioether (sulfide) groups is 1. The average Bonchev–Trinajstić information content (AvgIpc) is 2.76. The molecule has 1 fully saturated rings. The van der Waals surface area contributed by atoms with Gasteiger partial charge in [0, 0.05) is 0 Å². The van der Waals surface area contributed by atoms with E-state index in [9.17, 15) is 14.7 Å². The second kappa shape index (κ2) is 4.99. The molecule has 1 atom stereocenters. The SMILES string of the molecule is O=C1CSCC(=O)N1CC(O)c1ccsc1. The Bertz CT molecular complexity index is 375. The van der Waals surface area contributed by atoms with Gasteiger partial charge in [-0.15, -0.1) is 11.8 Å². The molecule has 1 saturated heterocycles. The first-order valence-electron chi connectivity index (χ1n) is 4.79. The van der Waals surface area contributed by atoms with Gasteiger partial charge >= 0.3 is 0 Å². The zero-order valence-corrected chi connectivity index (χ0v) is 10.1. The number of nitrogens with zero attached hydrogens (tertiary/aromatic N) is 1. The molecular weight excluding hydrogens is 246 g/mol. The average molecular weight is 257 g/mol. The molecule has 0 radical (unpaired) electrons. The molecule has 4 nitrogen and oxygen atoms in total. The van der Waals surface area contributed by atoms with Crippen molar-refractivity contribution < 1.29 is 14.7 Å². The van der Waals surface area contributed by atoms with Crippen molar-refractivity contribution in [1.82, 2.24) is 4.90 Å². The summed E-state index contributed by atoms with van der Waals surface area (Å²) < 4.78 is 0. The van der Waals surface area contributed by atoms with E-state index in [1.165, 1.54) is 23.1 Å². The molecule has 0 aliphatic carbocycles. The number of carbonyl (C=O) groups is 2. The Morgan fingerprint density at radius 2 is 2.06 bits per heavy atom. The number of aliphatic hydroxyl groups excluding tert-OH is 1. The van der Waals surface area contributed by atoms with Crippen LogP contribution in [0.4, 0.5) is 0 Å². The molecule has 1 unspecified atom stereocenters. The van der Waals surface area contributed by atoms with Crippen LogP contribution in [0.3, 0.4) is 0 Å². The monoisotopic (exact) mass is 257 g/mol. The smallest absolute Gasteiger partial charge is 0.239 e. The Morgan fingerprint density at radius 1 is 1.38 bits per heavy atom. The van der Waals surface area contributed by atoms with Crippen molar-refractivity contribution in [3.8, 4) is 0 Å². The third kappa shape index (κ3) is 2.45. The first-order valence-corrected chi connectivity index (χ1v) is 6.89. The van der Waals surface area contributed by atoms with E-state index in [-0.39, 0.29) is 18.4 Å². The molecule has 1 aliphatic heterocycles. The molecular formula is C10H11NO3S2. The Morgan fingerprint density at radius 3 is 2.62 bits per heavy atom. The Balaban J connectivity index is 2.03. The zero-order valence-electron chi connectivity index (χ0n) is 8.46. The summed E-state index contributed by atoms with van der Waals surface area (Å²) in [4.78, 5) is 24.1. The maximum absolute atomic E-state index is 11.5. The van der Waals surface area contributed by atoms with Crippen molar-refractivity contribution in [3.05, 3.63) is 22.4 Å². The number of thiophene rings is 1. The third-order valence-corrected chi connectivity index (χ3v) is 3.94. The van der Waals surface area contributed by atoms with Crippen LogP contribution in [0.1, 0.15) is 11.7 Å². The van der Waals surface area contributed by atoms with E-state index in [4.69, 9.17) is 0 Å². The van der Waals surface area contributed by atoms with Gasteiger partial charge in [-0.2, -0.15) is 11.3 Å². The minimum atomic E-state index is -0.776. The van der Waals surface area contributed by atoms with Crippen LogP contribution < -0.4 is 0 Å². The van der Waals surface area contributed by atoms with Crippen LogP contribution in [0.15, 0.2) is 16.8 Å². The van der Waals surface area contributed by atoms with Gasteiger partial charge < -0.3 is 5.11 Å². The highest BCUT2D eigenvalue weighted by Gasteiger charge is 2.28. The van der Waals surface area contributed by atoms with Crippen molar-refractivity contribution >= 4 is 34.9 Å². The van der Waals surface area contributed by atoms with Crippen LogP contribution in [0, 0.1) is 0 Å². The fourth-order valence-corrected chi connectivity index (χ4v) is 2.94. The molecule has 1 N–H and O–H groups in total. The number of carbonyl (C=O) groups excluding carboxylic acids is 2. The highest BCUT2D eigenvalue weighted by atomic mass is 32.2. The van der Waals surface area contributed by atoms with E-state index in [0.717, 1.165) is 10.5 Å². The van der Waals surface area contributed by atoms with Gasteiger partial charge in [-0.1, -0.05) is 0 Å². The number of amides is 2. The van der Waals surface area contributed by atoms with E-state index >= 15 is 0 Å². The molecule has 0 bridgehead atoms. The normalized spacial score (nSPS) is 18.9. The van der Waals surface area contributed by atoms with E-state index < -0.39 is 6.10 Å². The minimum Gasteiger partial charge on any atom is -0.387 e. The number of β-amino-alcohol motifs (C(OH)–C–C–N with tert-alkyl or cyclic N) is 1. The Kier molecular flexibility index (Phi) is 3.63. The minimum absolute atomic E-state index is 0.0644. The summed E-state index contributed by atoms with van der Waals surface area (Å²) in [5.74, 6) is 0.218. The predicted molar refractivity (Wildman–Crippen MR) is 63.3 cm³/mol. The summed E-state index contributed by atoms with van der Waals surface area (Å²) in [5, 5.41) is 13.5. The van der Waals surface area contributed by atoms with Gasteiger partial charge in [0.2, 0.25) is 11.8 Å². The van der Waals surface area contributed by atoms with E-state index in [2.05, 4.69) is 0 Å². The number of rotatable bonds is 3. The summed E-state index contributed by atoms with van der Waals surface area (Å²) in [6.45, 7) is 0.0644. The molecule has 2 rings (SSSR count). The Hall–Kier alpha value is -0.850. The zero-order chi connectivity index (χ0) is 11.5. The first kappa shape index (κ1) is 11.6.